The third-order valence-corrected chi connectivity index (χ3v) is 7.02. The fraction of sp³-hybridized carbons (Fsp3) is 0.240. The molecule has 1 saturated carbocycles. The molecule has 2 aliphatic rings. The van der Waals surface area contributed by atoms with Crippen LogP contribution in [0.15, 0.2) is 71.3 Å². The van der Waals surface area contributed by atoms with E-state index in [-0.39, 0.29) is 11.4 Å². The predicted molar refractivity (Wildman–Crippen MR) is 119 cm³/mol. The van der Waals surface area contributed by atoms with Crippen molar-refractivity contribution in [3.63, 3.8) is 0 Å². The number of ketones is 1. The molecule has 1 fully saturated rings. The van der Waals surface area contributed by atoms with E-state index in [2.05, 4.69) is 20.9 Å². The van der Waals surface area contributed by atoms with Crippen molar-refractivity contribution in [3.05, 3.63) is 93.7 Å². The lowest BCUT2D eigenvalue weighted by Gasteiger charge is -2.64. The second kappa shape index (κ2) is 7.25. The van der Waals surface area contributed by atoms with Crippen molar-refractivity contribution >= 4 is 27.7 Å². The summed E-state index contributed by atoms with van der Waals surface area (Å²) >= 11 is 3.43. The van der Waals surface area contributed by atoms with Crippen LogP contribution >= 0.6 is 15.9 Å². The van der Waals surface area contributed by atoms with Crippen molar-refractivity contribution in [1.29, 1.82) is 0 Å². The van der Waals surface area contributed by atoms with Gasteiger partial charge in [0.25, 0.3) is 0 Å². The lowest BCUT2D eigenvalue weighted by molar-refractivity contribution is -0.251. The van der Waals surface area contributed by atoms with E-state index in [0.29, 0.717) is 5.56 Å². The Morgan fingerprint density at radius 3 is 2.50 bits per heavy atom. The van der Waals surface area contributed by atoms with Crippen LogP contribution < -0.4 is 4.74 Å². The highest BCUT2D eigenvalue weighted by molar-refractivity contribution is 9.10. The standard InChI is InChI=1S/C25H20BrNO5/c1-14-12-18-21(27-13-14)22(28)24(30)20(23(29)31-2)19(15-6-4-3-5-7-15)25(24,32-18)16-8-10-17(26)11-9-16/h3-13,19-20,30H,1-2H3. The van der Waals surface area contributed by atoms with Crippen LogP contribution in [0.3, 0.4) is 0 Å². The van der Waals surface area contributed by atoms with Gasteiger partial charge in [0.1, 0.15) is 5.92 Å². The van der Waals surface area contributed by atoms with Crippen LogP contribution in [0.5, 0.6) is 5.75 Å². The quantitative estimate of drug-likeness (QED) is 0.556. The van der Waals surface area contributed by atoms with E-state index in [1.807, 2.05) is 49.4 Å². The highest BCUT2D eigenvalue weighted by atomic mass is 79.9. The Morgan fingerprint density at radius 2 is 1.84 bits per heavy atom. The zero-order valence-corrected chi connectivity index (χ0v) is 19.0. The Hall–Kier alpha value is -3.03. The van der Waals surface area contributed by atoms with Gasteiger partial charge in [-0.15, -0.1) is 0 Å². The van der Waals surface area contributed by atoms with E-state index >= 15 is 0 Å². The second-order valence-corrected chi connectivity index (χ2v) is 9.10. The van der Waals surface area contributed by atoms with Crippen molar-refractivity contribution in [2.45, 2.75) is 24.0 Å². The van der Waals surface area contributed by atoms with Gasteiger partial charge < -0.3 is 14.6 Å². The molecule has 0 radical (unpaired) electrons. The van der Waals surface area contributed by atoms with Gasteiger partial charge in [-0.25, -0.2) is 4.98 Å². The van der Waals surface area contributed by atoms with Gasteiger partial charge in [0, 0.05) is 16.6 Å². The minimum atomic E-state index is -2.19. The van der Waals surface area contributed by atoms with Crippen LogP contribution in [-0.2, 0) is 15.1 Å². The van der Waals surface area contributed by atoms with Gasteiger partial charge in [0.05, 0.1) is 7.11 Å². The second-order valence-electron chi connectivity index (χ2n) is 8.19. The highest BCUT2D eigenvalue weighted by Gasteiger charge is 2.82. The summed E-state index contributed by atoms with van der Waals surface area (Å²) in [5, 5.41) is 12.1. The molecule has 32 heavy (non-hydrogen) atoms. The zero-order valence-electron chi connectivity index (χ0n) is 17.4. The summed E-state index contributed by atoms with van der Waals surface area (Å²) in [6, 6.07) is 18.2. The topological polar surface area (TPSA) is 85.7 Å². The first-order chi connectivity index (χ1) is 15.3. The number of fused-ring (bicyclic) bond motifs is 2. The van der Waals surface area contributed by atoms with Gasteiger partial charge in [-0.1, -0.05) is 58.4 Å². The van der Waals surface area contributed by atoms with Crippen LogP contribution in [0.1, 0.15) is 33.1 Å². The molecule has 1 aliphatic carbocycles. The molecular weight excluding hydrogens is 474 g/mol. The number of hydrogen-bond donors (Lipinski definition) is 1. The number of halogens is 1. The monoisotopic (exact) mass is 493 g/mol. The minimum Gasteiger partial charge on any atom is -0.476 e. The molecule has 1 aliphatic heterocycles. The van der Waals surface area contributed by atoms with Crippen LogP contribution in [0.4, 0.5) is 0 Å². The highest BCUT2D eigenvalue weighted by Crippen LogP contribution is 2.68. The number of hydrogen-bond acceptors (Lipinski definition) is 6. The van der Waals surface area contributed by atoms with Crippen LogP contribution in [0.25, 0.3) is 0 Å². The summed E-state index contributed by atoms with van der Waals surface area (Å²) < 4.78 is 12.4. The smallest absolute Gasteiger partial charge is 0.313 e. The predicted octanol–water partition coefficient (Wildman–Crippen LogP) is 3.94. The molecule has 4 unspecified atom stereocenters. The van der Waals surface area contributed by atoms with Crippen LogP contribution in [0, 0.1) is 12.8 Å². The van der Waals surface area contributed by atoms with Gasteiger partial charge in [0.15, 0.2) is 22.6 Å². The Labute approximate surface area is 193 Å². The van der Waals surface area contributed by atoms with Crippen molar-refractivity contribution in [3.8, 4) is 5.75 Å². The number of rotatable bonds is 3. The third kappa shape index (κ3) is 2.58. The summed E-state index contributed by atoms with van der Waals surface area (Å²) in [6.07, 6.45) is 1.54. The Morgan fingerprint density at radius 1 is 1.16 bits per heavy atom. The number of nitrogens with zero attached hydrogens (tertiary/aromatic N) is 1. The molecule has 2 aromatic carbocycles. The number of carbonyl (C=O) groups excluding carboxylic acids is 2. The van der Waals surface area contributed by atoms with Crippen LogP contribution in [-0.4, -0.2) is 34.6 Å². The van der Waals surface area contributed by atoms with Gasteiger partial charge in [-0.2, -0.15) is 0 Å². The van der Waals surface area contributed by atoms with Gasteiger partial charge >= 0.3 is 5.97 Å². The lowest BCUT2D eigenvalue weighted by Crippen LogP contribution is -2.80. The Bertz CT molecular complexity index is 1230. The number of aryl methyl sites for hydroxylation is 1. The molecule has 0 saturated heterocycles. The molecule has 2 heterocycles. The normalized spacial score (nSPS) is 28.1. The maximum absolute atomic E-state index is 13.8. The fourth-order valence-corrected chi connectivity index (χ4v) is 5.39. The molecule has 6 nitrogen and oxygen atoms in total. The molecule has 3 aromatic rings. The Balaban J connectivity index is 1.83. The summed E-state index contributed by atoms with van der Waals surface area (Å²) in [4.78, 5) is 30.9. The first-order valence-corrected chi connectivity index (χ1v) is 11.0. The van der Waals surface area contributed by atoms with Gasteiger partial charge in [0.2, 0.25) is 5.78 Å². The molecule has 1 N–H and O–H groups in total. The Kier molecular flexibility index (Phi) is 4.72. The summed E-state index contributed by atoms with van der Waals surface area (Å²) in [7, 11) is 1.25. The van der Waals surface area contributed by atoms with Crippen molar-refractivity contribution in [2.24, 2.45) is 5.92 Å². The van der Waals surface area contributed by atoms with Gasteiger partial charge in [-0.05, 0) is 41.8 Å². The van der Waals surface area contributed by atoms with E-state index in [9.17, 15) is 14.7 Å². The van der Waals surface area contributed by atoms with E-state index in [4.69, 9.17) is 9.47 Å². The molecule has 0 bridgehead atoms. The number of aliphatic hydroxyl groups is 1. The summed E-state index contributed by atoms with van der Waals surface area (Å²) in [5.74, 6) is -2.88. The van der Waals surface area contributed by atoms with Crippen molar-refractivity contribution < 1.29 is 24.2 Å². The number of aromatic nitrogens is 1. The number of ether oxygens (including phenoxy) is 2. The molecule has 4 atom stereocenters. The number of Topliss-reactive ketones (excluding diaryl/α,β-unsaturated/α-hetero) is 1. The maximum atomic E-state index is 13.8. The summed E-state index contributed by atoms with van der Waals surface area (Å²) in [6.45, 7) is 1.85. The van der Waals surface area contributed by atoms with E-state index in [1.165, 1.54) is 13.3 Å². The molecule has 5 rings (SSSR count). The number of esters is 1. The van der Waals surface area contributed by atoms with E-state index < -0.39 is 34.8 Å². The SMILES string of the molecule is COC(=O)C1C(c2ccccc2)C2(c3ccc(Br)cc3)Oc3cc(C)cnc3C(=O)C12O. The third-order valence-electron chi connectivity index (χ3n) is 6.50. The zero-order chi connectivity index (χ0) is 22.7. The van der Waals surface area contributed by atoms with Crippen molar-refractivity contribution in [1.82, 2.24) is 4.98 Å². The largest absolute Gasteiger partial charge is 0.476 e. The van der Waals surface area contributed by atoms with E-state index in [0.717, 1.165) is 15.6 Å². The van der Waals surface area contributed by atoms with Crippen molar-refractivity contribution in [2.75, 3.05) is 7.11 Å². The van der Waals surface area contributed by atoms with Gasteiger partial charge in [-0.3, -0.25) is 9.59 Å². The number of pyridine rings is 1. The summed E-state index contributed by atoms with van der Waals surface area (Å²) in [5.41, 5.74) is -1.57. The lowest BCUT2D eigenvalue weighted by atomic mass is 9.44. The number of carbonyl (C=O) groups is 2. The van der Waals surface area contributed by atoms with Crippen LogP contribution in [0.2, 0.25) is 0 Å². The number of methoxy groups -OCH3 is 1. The molecule has 162 valence electrons. The molecule has 7 heteroatoms. The maximum Gasteiger partial charge on any atom is 0.313 e. The molecule has 1 aromatic heterocycles. The number of benzene rings is 2. The average Bonchev–Trinajstić information content (AvgIpc) is 2.80. The first-order valence-electron chi connectivity index (χ1n) is 10.2. The molecule has 0 amide bonds. The first kappa shape index (κ1) is 20.8. The fourth-order valence-electron chi connectivity index (χ4n) is 5.12. The van der Waals surface area contributed by atoms with E-state index in [1.54, 1.807) is 18.2 Å². The minimum absolute atomic E-state index is 0.00579. The molecule has 0 spiro atoms. The molecular formula is C25H20BrNO5. The average molecular weight is 494 g/mol.